The van der Waals surface area contributed by atoms with E-state index < -0.39 is 51.4 Å². The van der Waals surface area contributed by atoms with Crippen molar-refractivity contribution in [3.63, 3.8) is 0 Å². The van der Waals surface area contributed by atoms with E-state index in [-0.39, 0.29) is 24.3 Å². The Balaban J connectivity index is 0.00000420. The predicted octanol–water partition coefficient (Wildman–Crippen LogP) is 4.89. The van der Waals surface area contributed by atoms with E-state index in [1.54, 1.807) is 22.9 Å². The second-order valence-corrected chi connectivity index (χ2v) is 10.3. The largest absolute Gasteiger partial charge is 0.435 e. The average molecular weight is 595 g/mol. The first-order chi connectivity index (χ1) is 18.0. The summed E-state index contributed by atoms with van der Waals surface area (Å²) in [5.74, 6) is -4.16. The highest BCUT2D eigenvalue weighted by atomic mass is 35.5. The number of anilines is 2. The van der Waals surface area contributed by atoms with Gasteiger partial charge in [-0.3, -0.25) is 4.72 Å². The minimum Gasteiger partial charge on any atom is -0.435 e. The van der Waals surface area contributed by atoms with Crippen LogP contribution < -0.4 is 20.1 Å². The normalized spacial score (nSPS) is 15.8. The Labute approximate surface area is 227 Å². The predicted molar refractivity (Wildman–Crippen MR) is 137 cm³/mol. The lowest BCUT2D eigenvalue weighted by Crippen LogP contribution is -2.38. The molecule has 9 nitrogen and oxygen atoms in total. The Morgan fingerprint density at radius 3 is 2.62 bits per heavy atom. The van der Waals surface area contributed by atoms with Gasteiger partial charge in [0.05, 0.1) is 29.1 Å². The molecule has 0 radical (unpaired) electrons. The Kier molecular flexibility index (Phi) is 9.85. The molecule has 16 heteroatoms. The van der Waals surface area contributed by atoms with E-state index >= 15 is 0 Å². The summed E-state index contributed by atoms with van der Waals surface area (Å²) in [5, 5.41) is 6.52. The van der Waals surface area contributed by atoms with Crippen molar-refractivity contribution in [1.82, 2.24) is 20.3 Å². The molecule has 1 aliphatic heterocycles. The molecule has 0 spiro atoms. The maximum absolute atomic E-state index is 14.7. The third kappa shape index (κ3) is 8.60. The molecule has 1 saturated heterocycles. The van der Waals surface area contributed by atoms with E-state index in [4.69, 9.17) is 4.74 Å². The van der Waals surface area contributed by atoms with Gasteiger partial charge >= 0.3 is 6.18 Å². The van der Waals surface area contributed by atoms with Crippen molar-refractivity contribution in [2.24, 2.45) is 0 Å². The number of rotatable bonds is 9. The van der Waals surface area contributed by atoms with Crippen molar-refractivity contribution >= 4 is 34.1 Å². The number of hydrogen-bond donors (Lipinski definition) is 3. The van der Waals surface area contributed by atoms with Crippen LogP contribution in [0.2, 0.25) is 0 Å². The Bertz CT molecular complexity index is 1390. The van der Waals surface area contributed by atoms with Gasteiger partial charge in [-0.2, -0.15) is 13.2 Å². The van der Waals surface area contributed by atoms with E-state index in [0.29, 0.717) is 29.3 Å². The van der Waals surface area contributed by atoms with Crippen LogP contribution in [0.5, 0.6) is 11.6 Å². The first-order valence-electron chi connectivity index (χ1n) is 11.5. The fourth-order valence-electron chi connectivity index (χ4n) is 3.66. The molecule has 4 rings (SSSR count). The number of alkyl halides is 3. The standard InChI is InChI=1S/C23H23F5N6O3S.ClH/c24-16-12-20(17(25)11-19(16)34-38(35,36)10-6-23(26,27)28)37-21-15(4-2-8-30-21)18-5-9-31-22(33-18)32-14-3-1-7-29-13-14;/h2,4-5,8-9,11-12,14,29,34H,1,3,6-7,10,13H2,(H,31,32,33);1H. The van der Waals surface area contributed by atoms with E-state index in [9.17, 15) is 30.4 Å². The number of nitrogens with zero attached hydrogens (tertiary/aromatic N) is 3. The lowest BCUT2D eigenvalue weighted by Gasteiger charge is -2.23. The number of halogens is 6. The third-order valence-corrected chi connectivity index (χ3v) is 6.75. The molecule has 39 heavy (non-hydrogen) atoms. The number of nitrogens with one attached hydrogen (secondary N) is 3. The molecule has 1 atom stereocenters. The minimum atomic E-state index is -4.73. The van der Waals surface area contributed by atoms with Gasteiger partial charge in [0.2, 0.25) is 21.9 Å². The van der Waals surface area contributed by atoms with Crippen LogP contribution in [0.15, 0.2) is 42.7 Å². The average Bonchev–Trinajstić information content (AvgIpc) is 2.86. The third-order valence-electron chi connectivity index (χ3n) is 5.48. The number of piperidine rings is 1. The number of ether oxygens (including phenoxy) is 1. The summed E-state index contributed by atoms with van der Waals surface area (Å²) >= 11 is 0. The zero-order valence-electron chi connectivity index (χ0n) is 20.1. The fraction of sp³-hybridized carbons (Fsp3) is 0.348. The van der Waals surface area contributed by atoms with Crippen molar-refractivity contribution in [3.8, 4) is 22.9 Å². The highest BCUT2D eigenvalue weighted by Gasteiger charge is 2.30. The van der Waals surface area contributed by atoms with Gasteiger partial charge in [0.15, 0.2) is 17.4 Å². The second-order valence-electron chi connectivity index (χ2n) is 8.46. The Morgan fingerprint density at radius 1 is 1.10 bits per heavy atom. The topological polar surface area (TPSA) is 118 Å². The number of aromatic nitrogens is 3. The van der Waals surface area contributed by atoms with Crippen molar-refractivity contribution in [2.75, 3.05) is 28.9 Å². The molecule has 2 aromatic heterocycles. The molecular weight excluding hydrogens is 571 g/mol. The molecule has 3 heterocycles. The summed E-state index contributed by atoms with van der Waals surface area (Å²) < 4.78 is 97.3. The SMILES string of the molecule is Cl.O=S(=O)(CCC(F)(F)F)Nc1cc(F)c(Oc2ncccc2-c2ccnc(NC3CCCNC3)n2)cc1F. The van der Waals surface area contributed by atoms with Gasteiger partial charge in [0, 0.05) is 37.1 Å². The molecule has 0 saturated carbocycles. The van der Waals surface area contributed by atoms with Gasteiger partial charge in [-0.05, 0) is 37.6 Å². The van der Waals surface area contributed by atoms with Crippen LogP contribution in [0.3, 0.4) is 0 Å². The van der Waals surface area contributed by atoms with Crippen LogP contribution in [0.1, 0.15) is 19.3 Å². The van der Waals surface area contributed by atoms with Gasteiger partial charge in [-0.15, -0.1) is 12.4 Å². The second kappa shape index (κ2) is 12.7. The van der Waals surface area contributed by atoms with Gasteiger partial charge in [0.25, 0.3) is 0 Å². The first-order valence-corrected chi connectivity index (χ1v) is 13.1. The van der Waals surface area contributed by atoms with Crippen LogP contribution in [-0.2, 0) is 10.0 Å². The molecule has 0 bridgehead atoms. The molecule has 0 aliphatic carbocycles. The van der Waals surface area contributed by atoms with Gasteiger partial charge in [-0.1, -0.05) is 0 Å². The maximum Gasteiger partial charge on any atom is 0.390 e. The number of pyridine rings is 1. The minimum absolute atomic E-state index is 0. The quantitative estimate of drug-likeness (QED) is 0.300. The van der Waals surface area contributed by atoms with Crippen molar-refractivity contribution < 1.29 is 35.1 Å². The van der Waals surface area contributed by atoms with E-state index in [1.807, 2.05) is 0 Å². The van der Waals surface area contributed by atoms with E-state index in [1.165, 1.54) is 12.4 Å². The van der Waals surface area contributed by atoms with E-state index in [2.05, 4.69) is 25.6 Å². The summed E-state index contributed by atoms with van der Waals surface area (Å²) in [6, 6.07) is 5.97. The summed E-state index contributed by atoms with van der Waals surface area (Å²) in [7, 11) is -4.59. The zero-order chi connectivity index (χ0) is 27.3. The number of hydrogen-bond acceptors (Lipinski definition) is 8. The Morgan fingerprint density at radius 2 is 1.90 bits per heavy atom. The van der Waals surface area contributed by atoms with Crippen LogP contribution in [-0.4, -0.2) is 54.4 Å². The molecule has 1 fully saturated rings. The van der Waals surface area contributed by atoms with Crippen LogP contribution in [0, 0.1) is 11.6 Å². The van der Waals surface area contributed by atoms with Crippen LogP contribution in [0.25, 0.3) is 11.3 Å². The molecular formula is C23H24ClF5N6O3S. The monoisotopic (exact) mass is 594 g/mol. The molecule has 1 aromatic carbocycles. The van der Waals surface area contributed by atoms with Crippen molar-refractivity contribution in [1.29, 1.82) is 0 Å². The summed E-state index contributed by atoms with van der Waals surface area (Å²) in [6.07, 6.45) is -1.53. The highest BCUT2D eigenvalue weighted by molar-refractivity contribution is 7.92. The maximum atomic E-state index is 14.7. The van der Waals surface area contributed by atoms with Crippen LogP contribution >= 0.6 is 12.4 Å². The molecule has 212 valence electrons. The molecule has 3 aromatic rings. The molecule has 1 unspecified atom stereocenters. The molecule has 3 N–H and O–H groups in total. The van der Waals surface area contributed by atoms with Gasteiger partial charge in [0.1, 0.15) is 0 Å². The van der Waals surface area contributed by atoms with Gasteiger partial charge < -0.3 is 15.4 Å². The first kappa shape index (κ1) is 30.2. The lowest BCUT2D eigenvalue weighted by molar-refractivity contribution is -0.129. The highest BCUT2D eigenvalue weighted by Crippen LogP contribution is 2.34. The lowest BCUT2D eigenvalue weighted by atomic mass is 10.1. The zero-order valence-corrected chi connectivity index (χ0v) is 21.8. The summed E-state index contributed by atoms with van der Waals surface area (Å²) in [4.78, 5) is 12.8. The molecule has 0 amide bonds. The van der Waals surface area contributed by atoms with Crippen molar-refractivity contribution in [2.45, 2.75) is 31.5 Å². The number of sulfonamides is 1. The van der Waals surface area contributed by atoms with Crippen LogP contribution in [0.4, 0.5) is 33.6 Å². The summed E-state index contributed by atoms with van der Waals surface area (Å²) in [5.41, 5.74) is -0.122. The van der Waals surface area contributed by atoms with Gasteiger partial charge in [-0.25, -0.2) is 32.2 Å². The van der Waals surface area contributed by atoms with Crippen molar-refractivity contribution in [3.05, 3.63) is 54.4 Å². The Hall–Kier alpha value is -3.30. The van der Waals surface area contributed by atoms with E-state index in [0.717, 1.165) is 25.9 Å². The molecule has 1 aliphatic rings. The fourth-order valence-corrected chi connectivity index (χ4v) is 4.75. The number of benzene rings is 1. The smallest absolute Gasteiger partial charge is 0.390 e. The summed E-state index contributed by atoms with van der Waals surface area (Å²) in [6.45, 7) is 1.70.